The zero-order valence-electron chi connectivity index (χ0n) is 17.1. The van der Waals surface area contributed by atoms with Gasteiger partial charge in [0.2, 0.25) is 0 Å². The van der Waals surface area contributed by atoms with Crippen LogP contribution in [0.3, 0.4) is 0 Å². The molecule has 2 N–H and O–H groups in total. The van der Waals surface area contributed by atoms with Crippen LogP contribution in [0, 0.1) is 11.3 Å². The van der Waals surface area contributed by atoms with Crippen molar-refractivity contribution in [1.82, 2.24) is 0 Å². The van der Waals surface area contributed by atoms with Crippen molar-refractivity contribution in [1.29, 1.82) is 0 Å². The van der Waals surface area contributed by atoms with Gasteiger partial charge in [-0.2, -0.15) is 8.42 Å². The fourth-order valence-electron chi connectivity index (χ4n) is 3.19. The van der Waals surface area contributed by atoms with E-state index >= 15 is 0 Å². The molecule has 1 unspecified atom stereocenters. The summed E-state index contributed by atoms with van der Waals surface area (Å²) >= 11 is 0. The maximum absolute atomic E-state index is 12.5. The first-order chi connectivity index (χ1) is 12.9. The van der Waals surface area contributed by atoms with Gasteiger partial charge < -0.3 is 5.32 Å². The Kier molecular flexibility index (Phi) is 6.67. The van der Waals surface area contributed by atoms with Gasteiger partial charge in [0.15, 0.2) is 0 Å². The van der Waals surface area contributed by atoms with Crippen LogP contribution >= 0.6 is 0 Å². The molecule has 0 spiro atoms. The molecule has 1 amide bonds. The molecule has 0 aliphatic heterocycles. The third-order valence-electron chi connectivity index (χ3n) is 4.65. The van der Waals surface area contributed by atoms with Crippen molar-refractivity contribution >= 4 is 21.7 Å². The van der Waals surface area contributed by atoms with Crippen LogP contribution in [0.15, 0.2) is 53.4 Å². The number of nitrogens with one attached hydrogen (secondary N) is 1. The monoisotopic (exact) mass is 403 g/mol. The smallest absolute Gasteiger partial charge is 0.294 e. The second-order valence-electron chi connectivity index (χ2n) is 8.69. The lowest BCUT2D eigenvalue weighted by molar-refractivity contribution is 0.102. The molecule has 2 aromatic rings. The molecule has 6 heteroatoms. The van der Waals surface area contributed by atoms with Crippen molar-refractivity contribution in [3.05, 3.63) is 59.7 Å². The van der Waals surface area contributed by atoms with Crippen molar-refractivity contribution in [2.24, 2.45) is 11.3 Å². The highest BCUT2D eigenvalue weighted by Crippen LogP contribution is 2.36. The molecule has 2 rings (SSSR count). The van der Waals surface area contributed by atoms with Crippen LogP contribution in [0.1, 0.15) is 62.9 Å². The lowest BCUT2D eigenvalue weighted by atomic mass is 9.76. The summed E-state index contributed by atoms with van der Waals surface area (Å²) in [5.74, 6) is 0.647. The van der Waals surface area contributed by atoms with Crippen LogP contribution in [-0.4, -0.2) is 18.9 Å². The standard InChI is InChI=1S/C22H29NO4S/c1-15(2)20(14-22(3,4)5)16-6-8-17(9-7-16)21(24)23-18-10-12-19(13-11-18)28(25,26)27/h6-13,15,20H,14H2,1-5H3,(H,23,24)(H,25,26,27). The fraction of sp³-hybridized carbons (Fsp3) is 0.409. The van der Waals surface area contributed by atoms with Gasteiger partial charge >= 0.3 is 0 Å². The van der Waals surface area contributed by atoms with Crippen LogP contribution in [0.4, 0.5) is 5.69 Å². The normalized spacial score (nSPS) is 13.4. The van der Waals surface area contributed by atoms with E-state index in [1.165, 1.54) is 29.8 Å². The molecule has 0 aromatic heterocycles. The van der Waals surface area contributed by atoms with Crippen molar-refractivity contribution < 1.29 is 17.8 Å². The Bertz CT molecular complexity index is 909. The molecule has 0 aliphatic carbocycles. The molecule has 2 aromatic carbocycles. The van der Waals surface area contributed by atoms with Crippen LogP contribution in [-0.2, 0) is 10.1 Å². The summed E-state index contributed by atoms with van der Waals surface area (Å²) in [5.41, 5.74) is 2.42. The van der Waals surface area contributed by atoms with Crippen molar-refractivity contribution in [2.45, 2.75) is 51.9 Å². The molecule has 0 fully saturated rings. The predicted octanol–water partition coefficient (Wildman–Crippen LogP) is 5.36. The summed E-state index contributed by atoms with van der Waals surface area (Å²) in [5, 5.41) is 2.73. The minimum Gasteiger partial charge on any atom is -0.322 e. The second kappa shape index (κ2) is 8.45. The maximum Gasteiger partial charge on any atom is 0.294 e. The first-order valence-corrected chi connectivity index (χ1v) is 10.8. The van der Waals surface area contributed by atoms with Crippen molar-refractivity contribution in [3.8, 4) is 0 Å². The SMILES string of the molecule is CC(C)C(CC(C)(C)C)c1ccc(C(=O)Nc2ccc(S(=O)(=O)O)cc2)cc1. The first-order valence-electron chi connectivity index (χ1n) is 9.36. The van der Waals surface area contributed by atoms with Crippen LogP contribution in [0.2, 0.25) is 0 Å². The van der Waals surface area contributed by atoms with Gasteiger partial charge in [0.05, 0.1) is 4.90 Å². The molecule has 0 aliphatic rings. The van der Waals surface area contributed by atoms with E-state index in [1.807, 2.05) is 24.3 Å². The summed E-state index contributed by atoms with van der Waals surface area (Å²) in [4.78, 5) is 12.2. The number of hydrogen-bond donors (Lipinski definition) is 2. The zero-order valence-corrected chi connectivity index (χ0v) is 17.9. The number of anilines is 1. The third kappa shape index (κ3) is 6.17. The van der Waals surface area contributed by atoms with Crippen LogP contribution in [0.5, 0.6) is 0 Å². The summed E-state index contributed by atoms with van der Waals surface area (Å²) in [6.07, 6.45) is 1.07. The Labute approximate surface area is 167 Å². The topological polar surface area (TPSA) is 83.5 Å². The highest BCUT2D eigenvalue weighted by molar-refractivity contribution is 7.85. The number of rotatable bonds is 6. The van der Waals surface area contributed by atoms with E-state index < -0.39 is 10.1 Å². The van der Waals surface area contributed by atoms with E-state index in [-0.39, 0.29) is 16.2 Å². The minimum atomic E-state index is -4.25. The maximum atomic E-state index is 12.5. The Morgan fingerprint density at radius 3 is 1.96 bits per heavy atom. The van der Waals surface area contributed by atoms with Gasteiger partial charge in [0.1, 0.15) is 0 Å². The molecule has 0 heterocycles. The van der Waals surface area contributed by atoms with Gasteiger partial charge in [0, 0.05) is 11.3 Å². The fourth-order valence-corrected chi connectivity index (χ4v) is 3.67. The summed E-state index contributed by atoms with van der Waals surface area (Å²) in [6, 6.07) is 13.0. The van der Waals surface area contributed by atoms with E-state index in [2.05, 4.69) is 39.9 Å². The largest absolute Gasteiger partial charge is 0.322 e. The van der Waals surface area contributed by atoms with E-state index in [4.69, 9.17) is 4.55 Å². The van der Waals surface area contributed by atoms with Gasteiger partial charge in [-0.3, -0.25) is 9.35 Å². The molecule has 152 valence electrons. The quantitative estimate of drug-likeness (QED) is 0.636. The molecule has 0 saturated carbocycles. The number of benzene rings is 2. The molecular weight excluding hydrogens is 374 g/mol. The van der Waals surface area contributed by atoms with Crippen LogP contribution in [0.25, 0.3) is 0 Å². The van der Waals surface area contributed by atoms with E-state index in [0.29, 0.717) is 23.1 Å². The van der Waals surface area contributed by atoms with Gasteiger partial charge in [0.25, 0.3) is 16.0 Å². The van der Waals surface area contributed by atoms with E-state index in [1.54, 1.807) is 0 Å². The van der Waals surface area contributed by atoms with Crippen molar-refractivity contribution in [3.63, 3.8) is 0 Å². The van der Waals surface area contributed by atoms with Gasteiger partial charge in [-0.25, -0.2) is 0 Å². The minimum absolute atomic E-state index is 0.214. The highest BCUT2D eigenvalue weighted by atomic mass is 32.2. The summed E-state index contributed by atoms with van der Waals surface area (Å²) in [6.45, 7) is 11.1. The Morgan fingerprint density at radius 1 is 1.00 bits per heavy atom. The summed E-state index contributed by atoms with van der Waals surface area (Å²) < 4.78 is 31.2. The van der Waals surface area contributed by atoms with Gasteiger partial charge in [-0.1, -0.05) is 46.8 Å². The van der Waals surface area contributed by atoms with Gasteiger partial charge in [-0.05, 0) is 65.6 Å². The van der Waals surface area contributed by atoms with Crippen molar-refractivity contribution in [2.75, 3.05) is 5.32 Å². The highest BCUT2D eigenvalue weighted by Gasteiger charge is 2.23. The molecule has 0 radical (unpaired) electrons. The number of hydrogen-bond acceptors (Lipinski definition) is 3. The third-order valence-corrected chi connectivity index (χ3v) is 5.52. The Balaban J connectivity index is 2.13. The summed E-state index contributed by atoms with van der Waals surface area (Å²) in [7, 11) is -4.25. The molecular formula is C22H29NO4S. The number of carbonyl (C=O) groups is 1. The molecule has 0 bridgehead atoms. The van der Waals surface area contributed by atoms with Gasteiger partial charge in [-0.15, -0.1) is 0 Å². The first kappa shape index (κ1) is 22.1. The zero-order chi connectivity index (χ0) is 21.1. The van der Waals surface area contributed by atoms with Crippen LogP contribution < -0.4 is 5.32 Å². The van der Waals surface area contributed by atoms with E-state index in [0.717, 1.165) is 6.42 Å². The van der Waals surface area contributed by atoms with E-state index in [9.17, 15) is 13.2 Å². The predicted molar refractivity (Wildman–Crippen MR) is 112 cm³/mol. The molecule has 1 atom stereocenters. The Hall–Kier alpha value is -2.18. The average Bonchev–Trinajstić information content (AvgIpc) is 2.58. The number of carbonyl (C=O) groups excluding carboxylic acids is 1. The molecule has 0 saturated heterocycles. The number of amides is 1. The second-order valence-corrected chi connectivity index (χ2v) is 10.1. The molecule has 5 nitrogen and oxygen atoms in total. The Morgan fingerprint density at radius 2 is 1.54 bits per heavy atom. The molecule has 28 heavy (non-hydrogen) atoms. The average molecular weight is 404 g/mol. The lowest BCUT2D eigenvalue weighted by Crippen LogP contribution is -2.17. The lowest BCUT2D eigenvalue weighted by Gasteiger charge is -2.29.